The topological polar surface area (TPSA) is 17.1 Å². The summed E-state index contributed by atoms with van der Waals surface area (Å²) in [6.07, 6.45) is 9.74. The standard InChI is InChI=1S/C20H24O/c1-13(2)10-16-5-3-4-15-7-9-18(21)20(19(15)16)12-14-6-8-17(20)11-14/h3-6,8,13-14,17H,7,9-12H2,1-2H3. The van der Waals surface area contributed by atoms with E-state index in [0.717, 1.165) is 25.7 Å². The SMILES string of the molecule is CC(C)Cc1cccc2c1C1(CC3C=CC1C3)C(=O)CC2. The van der Waals surface area contributed by atoms with Crippen molar-refractivity contribution in [1.29, 1.82) is 0 Å². The molecule has 0 aliphatic heterocycles. The molecule has 3 aliphatic carbocycles. The zero-order valence-electron chi connectivity index (χ0n) is 13.1. The number of rotatable bonds is 2. The van der Waals surface area contributed by atoms with Crippen LogP contribution < -0.4 is 0 Å². The minimum Gasteiger partial charge on any atom is -0.299 e. The molecule has 1 heteroatoms. The van der Waals surface area contributed by atoms with E-state index >= 15 is 0 Å². The first-order valence-corrected chi connectivity index (χ1v) is 8.44. The Labute approximate surface area is 127 Å². The lowest BCUT2D eigenvalue weighted by atomic mass is 9.60. The van der Waals surface area contributed by atoms with Crippen molar-refractivity contribution in [2.24, 2.45) is 17.8 Å². The van der Waals surface area contributed by atoms with E-state index in [1.165, 1.54) is 23.1 Å². The van der Waals surface area contributed by atoms with Gasteiger partial charge in [0.1, 0.15) is 5.78 Å². The van der Waals surface area contributed by atoms with E-state index in [-0.39, 0.29) is 5.41 Å². The molecule has 1 aromatic carbocycles. The second kappa shape index (κ2) is 4.56. The Bertz CT molecular complexity index is 625. The van der Waals surface area contributed by atoms with Crippen LogP contribution in [0.25, 0.3) is 0 Å². The van der Waals surface area contributed by atoms with Crippen LogP contribution in [-0.2, 0) is 23.1 Å². The molecule has 1 spiro atoms. The molecule has 1 saturated carbocycles. The summed E-state index contributed by atoms with van der Waals surface area (Å²) in [6.45, 7) is 4.55. The molecule has 1 aromatic rings. The van der Waals surface area contributed by atoms with Gasteiger partial charge in [-0.2, -0.15) is 0 Å². The second-order valence-corrected chi connectivity index (χ2v) is 7.64. The van der Waals surface area contributed by atoms with E-state index in [1.54, 1.807) is 0 Å². The summed E-state index contributed by atoms with van der Waals surface area (Å²) in [7, 11) is 0. The van der Waals surface area contributed by atoms with Crippen LogP contribution in [0, 0.1) is 17.8 Å². The highest BCUT2D eigenvalue weighted by atomic mass is 16.1. The van der Waals surface area contributed by atoms with Gasteiger partial charge >= 0.3 is 0 Å². The van der Waals surface area contributed by atoms with E-state index in [9.17, 15) is 4.79 Å². The van der Waals surface area contributed by atoms with Gasteiger partial charge in [-0.15, -0.1) is 0 Å². The van der Waals surface area contributed by atoms with Gasteiger partial charge in [0.25, 0.3) is 0 Å². The van der Waals surface area contributed by atoms with Crippen molar-refractivity contribution in [3.8, 4) is 0 Å². The third-order valence-electron chi connectivity index (χ3n) is 5.82. The van der Waals surface area contributed by atoms with Crippen molar-refractivity contribution >= 4 is 5.78 Å². The van der Waals surface area contributed by atoms with Crippen LogP contribution in [0.5, 0.6) is 0 Å². The minimum absolute atomic E-state index is 0.168. The summed E-state index contributed by atoms with van der Waals surface area (Å²) in [4.78, 5) is 13.0. The van der Waals surface area contributed by atoms with Gasteiger partial charge in [0.05, 0.1) is 5.41 Å². The number of hydrogen-bond acceptors (Lipinski definition) is 1. The number of aryl methyl sites for hydroxylation is 1. The fourth-order valence-electron chi connectivity index (χ4n) is 5.12. The minimum atomic E-state index is -0.168. The van der Waals surface area contributed by atoms with Crippen molar-refractivity contribution in [1.82, 2.24) is 0 Å². The Kier molecular flexibility index (Phi) is 2.89. The van der Waals surface area contributed by atoms with Crippen LogP contribution in [0.4, 0.5) is 0 Å². The lowest BCUT2D eigenvalue weighted by Gasteiger charge is -2.41. The van der Waals surface area contributed by atoms with Crippen LogP contribution in [-0.4, -0.2) is 5.78 Å². The molecule has 0 aromatic heterocycles. The van der Waals surface area contributed by atoms with E-state index in [4.69, 9.17) is 0 Å². The first-order chi connectivity index (χ1) is 10.1. The van der Waals surface area contributed by atoms with Crippen molar-refractivity contribution in [3.05, 3.63) is 47.0 Å². The number of Topliss-reactive ketones (excluding diaryl/α,β-unsaturated/α-hetero) is 1. The highest BCUT2D eigenvalue weighted by molar-refractivity contribution is 5.94. The van der Waals surface area contributed by atoms with E-state index in [2.05, 4.69) is 44.2 Å². The molecule has 1 fully saturated rings. The first kappa shape index (κ1) is 13.3. The van der Waals surface area contributed by atoms with Crippen molar-refractivity contribution in [3.63, 3.8) is 0 Å². The lowest BCUT2D eigenvalue weighted by Crippen LogP contribution is -2.44. The Balaban J connectivity index is 1.91. The third-order valence-corrected chi connectivity index (χ3v) is 5.82. The molecular formula is C20H24O. The highest BCUT2D eigenvalue weighted by Gasteiger charge is 2.56. The molecule has 0 radical (unpaired) electrons. The van der Waals surface area contributed by atoms with E-state index in [1.807, 2.05) is 0 Å². The molecule has 0 amide bonds. The van der Waals surface area contributed by atoms with Gasteiger partial charge in [0.15, 0.2) is 0 Å². The van der Waals surface area contributed by atoms with Gasteiger partial charge in [0, 0.05) is 6.42 Å². The van der Waals surface area contributed by atoms with Crippen molar-refractivity contribution in [2.45, 2.75) is 51.4 Å². The number of fused-ring (bicyclic) bond motifs is 5. The molecule has 4 rings (SSSR count). The molecule has 2 bridgehead atoms. The van der Waals surface area contributed by atoms with Crippen LogP contribution in [0.15, 0.2) is 30.4 Å². The highest BCUT2D eigenvalue weighted by Crippen LogP contribution is 2.57. The Morgan fingerprint density at radius 1 is 1.24 bits per heavy atom. The molecule has 21 heavy (non-hydrogen) atoms. The average molecular weight is 280 g/mol. The second-order valence-electron chi connectivity index (χ2n) is 7.64. The van der Waals surface area contributed by atoms with Crippen molar-refractivity contribution in [2.75, 3.05) is 0 Å². The largest absolute Gasteiger partial charge is 0.299 e. The maximum Gasteiger partial charge on any atom is 0.144 e. The average Bonchev–Trinajstić information content (AvgIpc) is 3.04. The molecule has 3 unspecified atom stereocenters. The summed E-state index contributed by atoms with van der Waals surface area (Å²) in [5.74, 6) is 2.25. The number of allylic oxidation sites excluding steroid dienone is 2. The molecule has 3 atom stereocenters. The Hall–Kier alpha value is -1.37. The van der Waals surface area contributed by atoms with Gasteiger partial charge in [-0.25, -0.2) is 0 Å². The molecule has 0 saturated heterocycles. The zero-order valence-corrected chi connectivity index (χ0v) is 13.1. The summed E-state index contributed by atoms with van der Waals surface area (Å²) < 4.78 is 0. The monoisotopic (exact) mass is 280 g/mol. The fraction of sp³-hybridized carbons (Fsp3) is 0.550. The quantitative estimate of drug-likeness (QED) is 0.741. The number of carbonyl (C=O) groups is 1. The Morgan fingerprint density at radius 3 is 2.76 bits per heavy atom. The van der Waals surface area contributed by atoms with Gasteiger partial charge in [-0.3, -0.25) is 4.79 Å². The van der Waals surface area contributed by atoms with Crippen LogP contribution in [0.2, 0.25) is 0 Å². The third kappa shape index (κ3) is 1.79. The molecular weight excluding hydrogens is 256 g/mol. The predicted octanol–water partition coefficient (Wildman–Crippen LogP) is 4.23. The first-order valence-electron chi connectivity index (χ1n) is 8.44. The Morgan fingerprint density at radius 2 is 2.10 bits per heavy atom. The zero-order chi connectivity index (χ0) is 14.6. The van der Waals surface area contributed by atoms with Crippen LogP contribution >= 0.6 is 0 Å². The maximum absolute atomic E-state index is 13.0. The fourth-order valence-corrected chi connectivity index (χ4v) is 5.12. The number of ketones is 1. The predicted molar refractivity (Wildman–Crippen MR) is 85.3 cm³/mol. The summed E-state index contributed by atoms with van der Waals surface area (Å²) in [5, 5.41) is 0. The smallest absolute Gasteiger partial charge is 0.144 e. The summed E-state index contributed by atoms with van der Waals surface area (Å²) >= 11 is 0. The van der Waals surface area contributed by atoms with E-state index < -0.39 is 0 Å². The van der Waals surface area contributed by atoms with Gasteiger partial charge in [-0.05, 0) is 60.1 Å². The van der Waals surface area contributed by atoms with Gasteiger partial charge in [-0.1, -0.05) is 44.2 Å². The summed E-state index contributed by atoms with van der Waals surface area (Å²) in [5.41, 5.74) is 4.16. The van der Waals surface area contributed by atoms with Crippen LogP contribution in [0.3, 0.4) is 0 Å². The number of benzene rings is 1. The number of carbonyl (C=O) groups excluding carboxylic acids is 1. The number of hydrogen-bond donors (Lipinski definition) is 0. The molecule has 110 valence electrons. The lowest BCUT2D eigenvalue weighted by molar-refractivity contribution is -0.126. The molecule has 0 N–H and O–H groups in total. The van der Waals surface area contributed by atoms with Gasteiger partial charge < -0.3 is 0 Å². The van der Waals surface area contributed by atoms with Gasteiger partial charge in [0.2, 0.25) is 0 Å². The molecule has 0 heterocycles. The molecule has 1 nitrogen and oxygen atoms in total. The molecule has 3 aliphatic rings. The normalized spacial score (nSPS) is 33.2. The summed E-state index contributed by atoms with van der Waals surface area (Å²) in [6, 6.07) is 6.74. The van der Waals surface area contributed by atoms with Crippen LogP contribution in [0.1, 0.15) is 49.8 Å². The van der Waals surface area contributed by atoms with E-state index in [0.29, 0.717) is 23.5 Å². The maximum atomic E-state index is 13.0. The van der Waals surface area contributed by atoms with Crippen molar-refractivity contribution < 1.29 is 4.79 Å².